The molecule has 0 fully saturated rings. The van der Waals surface area contributed by atoms with Gasteiger partial charge in [-0.1, -0.05) is 11.6 Å². The van der Waals surface area contributed by atoms with Crippen LogP contribution >= 0.6 is 11.6 Å². The van der Waals surface area contributed by atoms with Crippen molar-refractivity contribution in [3.8, 4) is 5.75 Å². The van der Waals surface area contributed by atoms with E-state index in [1.165, 1.54) is 12.3 Å². The molecule has 2 N–H and O–H groups in total. The number of phenols is 1. The molecule has 0 unspecified atom stereocenters. The number of carbonyl (C=O) groups excluding carboxylic acids is 1. The Morgan fingerprint density at radius 3 is 2.78 bits per heavy atom. The Balaban J connectivity index is 2.21. The number of nitrogens with one attached hydrogen (secondary N) is 1. The maximum absolute atomic E-state index is 13.0. The molecule has 0 atom stereocenters. The molecule has 0 saturated heterocycles. The summed E-state index contributed by atoms with van der Waals surface area (Å²) in [6.45, 7) is 0. The Morgan fingerprint density at radius 1 is 1.33 bits per heavy atom. The first kappa shape index (κ1) is 12.3. The Kier molecular flexibility index (Phi) is 3.43. The highest BCUT2D eigenvalue weighted by Crippen LogP contribution is 2.19. The number of benzene rings is 1. The van der Waals surface area contributed by atoms with Crippen LogP contribution in [0, 0.1) is 5.82 Å². The number of anilines is 1. The van der Waals surface area contributed by atoms with E-state index >= 15 is 0 Å². The number of halogens is 2. The van der Waals surface area contributed by atoms with Crippen molar-refractivity contribution in [2.75, 3.05) is 5.32 Å². The van der Waals surface area contributed by atoms with Gasteiger partial charge in [-0.25, -0.2) is 9.37 Å². The largest absolute Gasteiger partial charge is 0.507 e. The Labute approximate surface area is 107 Å². The number of hydrogen-bond donors (Lipinski definition) is 2. The average molecular weight is 267 g/mol. The molecular formula is C12H8ClFN2O2. The second kappa shape index (κ2) is 5.01. The van der Waals surface area contributed by atoms with Gasteiger partial charge >= 0.3 is 0 Å². The van der Waals surface area contributed by atoms with Crippen molar-refractivity contribution in [2.45, 2.75) is 0 Å². The van der Waals surface area contributed by atoms with Gasteiger partial charge in [0.05, 0.1) is 17.4 Å². The lowest BCUT2D eigenvalue weighted by molar-refractivity contribution is 0.102. The highest BCUT2D eigenvalue weighted by atomic mass is 35.5. The molecule has 6 heteroatoms. The standard InChI is InChI=1S/C12H8ClFN2O2/c13-11-4-2-8(6-15-11)16-12(18)9-5-7(14)1-3-10(9)17/h1-6,17H,(H,16,18). The van der Waals surface area contributed by atoms with Crippen molar-refractivity contribution >= 4 is 23.2 Å². The molecular weight excluding hydrogens is 259 g/mol. The molecule has 0 radical (unpaired) electrons. The van der Waals surface area contributed by atoms with Crippen molar-refractivity contribution in [3.63, 3.8) is 0 Å². The zero-order valence-electron chi connectivity index (χ0n) is 9.02. The van der Waals surface area contributed by atoms with Crippen LogP contribution in [-0.4, -0.2) is 16.0 Å². The van der Waals surface area contributed by atoms with Crippen molar-refractivity contribution < 1.29 is 14.3 Å². The SMILES string of the molecule is O=C(Nc1ccc(Cl)nc1)c1cc(F)ccc1O. The molecule has 92 valence electrons. The summed E-state index contributed by atoms with van der Waals surface area (Å²) >= 11 is 5.60. The molecule has 1 aromatic carbocycles. The normalized spacial score (nSPS) is 10.1. The van der Waals surface area contributed by atoms with Crippen LogP contribution in [-0.2, 0) is 0 Å². The van der Waals surface area contributed by atoms with Crippen molar-refractivity contribution in [2.24, 2.45) is 0 Å². The van der Waals surface area contributed by atoms with Gasteiger partial charge in [0.15, 0.2) is 0 Å². The number of phenolic OH excluding ortho intramolecular Hbond substituents is 1. The number of carbonyl (C=O) groups is 1. The Bertz CT molecular complexity index is 587. The summed E-state index contributed by atoms with van der Waals surface area (Å²) in [5, 5.41) is 12.2. The number of amides is 1. The van der Waals surface area contributed by atoms with Gasteiger partial charge in [0.25, 0.3) is 5.91 Å². The summed E-state index contributed by atoms with van der Waals surface area (Å²) in [6, 6.07) is 6.18. The fraction of sp³-hybridized carbons (Fsp3) is 0. The monoisotopic (exact) mass is 266 g/mol. The minimum Gasteiger partial charge on any atom is -0.507 e. The van der Waals surface area contributed by atoms with E-state index in [1.54, 1.807) is 6.07 Å². The first-order valence-corrected chi connectivity index (χ1v) is 5.35. The van der Waals surface area contributed by atoms with E-state index in [4.69, 9.17) is 11.6 Å². The molecule has 0 aliphatic carbocycles. The quantitative estimate of drug-likeness (QED) is 0.822. The van der Waals surface area contributed by atoms with Crippen LogP contribution in [0.4, 0.5) is 10.1 Å². The molecule has 2 rings (SSSR count). The fourth-order valence-corrected chi connectivity index (χ4v) is 1.45. The molecule has 2 aromatic rings. The second-order valence-electron chi connectivity index (χ2n) is 3.49. The summed E-state index contributed by atoms with van der Waals surface area (Å²) in [4.78, 5) is 15.6. The number of hydrogen-bond acceptors (Lipinski definition) is 3. The lowest BCUT2D eigenvalue weighted by atomic mass is 10.2. The summed E-state index contributed by atoms with van der Waals surface area (Å²) in [5.74, 6) is -1.53. The van der Waals surface area contributed by atoms with Gasteiger partial charge in [-0.2, -0.15) is 0 Å². The lowest BCUT2D eigenvalue weighted by Crippen LogP contribution is -2.12. The predicted molar refractivity (Wildman–Crippen MR) is 65.3 cm³/mol. The number of pyridine rings is 1. The fourth-order valence-electron chi connectivity index (χ4n) is 1.34. The highest BCUT2D eigenvalue weighted by Gasteiger charge is 2.12. The van der Waals surface area contributed by atoms with Gasteiger partial charge in [0.2, 0.25) is 0 Å². The Hall–Kier alpha value is -2.14. The van der Waals surface area contributed by atoms with E-state index in [0.717, 1.165) is 18.2 Å². The first-order valence-electron chi connectivity index (χ1n) is 4.97. The third-order valence-corrected chi connectivity index (χ3v) is 2.41. The second-order valence-corrected chi connectivity index (χ2v) is 3.87. The molecule has 4 nitrogen and oxygen atoms in total. The minimum absolute atomic E-state index is 0.148. The van der Waals surface area contributed by atoms with Gasteiger partial charge < -0.3 is 10.4 Å². The van der Waals surface area contributed by atoms with Crippen LogP contribution in [0.2, 0.25) is 5.15 Å². The number of aromatic hydroxyl groups is 1. The van der Waals surface area contributed by atoms with E-state index in [9.17, 15) is 14.3 Å². The Morgan fingerprint density at radius 2 is 2.11 bits per heavy atom. The molecule has 0 aliphatic heterocycles. The van der Waals surface area contributed by atoms with Gasteiger partial charge in [-0.05, 0) is 30.3 Å². The third-order valence-electron chi connectivity index (χ3n) is 2.19. The average Bonchev–Trinajstić information content (AvgIpc) is 2.35. The highest BCUT2D eigenvalue weighted by molar-refractivity contribution is 6.29. The van der Waals surface area contributed by atoms with Crippen LogP contribution in [0.15, 0.2) is 36.5 Å². The third kappa shape index (κ3) is 2.75. The maximum atomic E-state index is 13.0. The molecule has 18 heavy (non-hydrogen) atoms. The molecule has 0 spiro atoms. The molecule has 0 aliphatic rings. The molecule has 0 bridgehead atoms. The van der Waals surface area contributed by atoms with Crippen LogP contribution in [0.25, 0.3) is 0 Å². The smallest absolute Gasteiger partial charge is 0.259 e. The van der Waals surface area contributed by atoms with Crippen molar-refractivity contribution in [1.82, 2.24) is 4.98 Å². The zero-order chi connectivity index (χ0) is 13.1. The topological polar surface area (TPSA) is 62.2 Å². The van der Waals surface area contributed by atoms with E-state index in [2.05, 4.69) is 10.3 Å². The lowest BCUT2D eigenvalue weighted by Gasteiger charge is -2.06. The molecule has 0 saturated carbocycles. The maximum Gasteiger partial charge on any atom is 0.259 e. The van der Waals surface area contributed by atoms with Crippen LogP contribution in [0.3, 0.4) is 0 Å². The summed E-state index contributed by atoms with van der Waals surface area (Å²) in [5.41, 5.74) is 0.248. The van der Waals surface area contributed by atoms with Gasteiger partial charge in [-0.15, -0.1) is 0 Å². The first-order chi connectivity index (χ1) is 8.56. The van der Waals surface area contributed by atoms with Gasteiger partial charge in [0, 0.05) is 0 Å². The summed E-state index contributed by atoms with van der Waals surface area (Å²) in [7, 11) is 0. The summed E-state index contributed by atoms with van der Waals surface area (Å²) in [6.07, 6.45) is 1.36. The number of rotatable bonds is 2. The van der Waals surface area contributed by atoms with Crippen LogP contribution in [0.1, 0.15) is 10.4 Å². The van der Waals surface area contributed by atoms with E-state index in [0.29, 0.717) is 10.8 Å². The van der Waals surface area contributed by atoms with E-state index < -0.39 is 11.7 Å². The summed E-state index contributed by atoms with van der Waals surface area (Å²) < 4.78 is 13.0. The molecule has 1 aromatic heterocycles. The number of nitrogens with zero attached hydrogens (tertiary/aromatic N) is 1. The van der Waals surface area contributed by atoms with E-state index in [-0.39, 0.29) is 11.3 Å². The molecule has 1 amide bonds. The predicted octanol–water partition coefficient (Wildman–Crippen LogP) is 2.83. The minimum atomic E-state index is -0.629. The molecule has 1 heterocycles. The van der Waals surface area contributed by atoms with E-state index in [1.807, 2.05) is 0 Å². The van der Waals surface area contributed by atoms with Gasteiger partial charge in [-0.3, -0.25) is 4.79 Å². The van der Waals surface area contributed by atoms with Gasteiger partial charge in [0.1, 0.15) is 16.7 Å². The van der Waals surface area contributed by atoms with Crippen molar-refractivity contribution in [3.05, 3.63) is 53.1 Å². The number of aromatic nitrogens is 1. The van der Waals surface area contributed by atoms with Crippen LogP contribution < -0.4 is 5.32 Å². The zero-order valence-corrected chi connectivity index (χ0v) is 9.78. The van der Waals surface area contributed by atoms with Crippen LogP contribution in [0.5, 0.6) is 5.75 Å². The van der Waals surface area contributed by atoms with Crippen molar-refractivity contribution in [1.29, 1.82) is 0 Å².